The van der Waals surface area contributed by atoms with Crippen molar-refractivity contribution in [1.82, 2.24) is 18.3 Å². The first kappa shape index (κ1) is 41.4. The molecule has 0 amide bonds. The summed E-state index contributed by atoms with van der Waals surface area (Å²) in [6.07, 6.45) is 0. The average molecular weight is 921 g/mol. The SMILES string of the molecule is Cc1ccc2c(c1)c1ccccc1n2-c1cc(C#N)c(-n2c3ccccc3c3cc(C)ccc32)c(-c2cc(-n3c4ccccc4c4cc(C)ccc43)cc(C#N)c2-n2c3ccccc3c3cc(C)ccc32)c1. The third-order valence-electron chi connectivity index (χ3n) is 15.0. The molecule has 0 spiro atoms. The molecule has 0 bridgehead atoms. The molecule has 0 radical (unpaired) electrons. The Morgan fingerprint density at radius 3 is 0.847 bits per heavy atom. The number of nitriles is 2. The van der Waals surface area contributed by atoms with Crippen LogP contribution in [-0.2, 0) is 0 Å². The van der Waals surface area contributed by atoms with Crippen LogP contribution in [0.3, 0.4) is 0 Å². The van der Waals surface area contributed by atoms with Gasteiger partial charge in [-0.2, -0.15) is 10.5 Å². The maximum atomic E-state index is 11.9. The van der Waals surface area contributed by atoms with Crippen LogP contribution in [0.1, 0.15) is 33.4 Å². The Balaban J connectivity index is 1.22. The third kappa shape index (κ3) is 5.87. The zero-order chi connectivity index (χ0) is 48.5. The number of rotatable bonds is 5. The van der Waals surface area contributed by atoms with Gasteiger partial charge < -0.3 is 18.3 Å². The van der Waals surface area contributed by atoms with Gasteiger partial charge >= 0.3 is 0 Å². The summed E-state index contributed by atoms with van der Waals surface area (Å²) in [6.45, 7) is 8.53. The van der Waals surface area contributed by atoms with Crippen LogP contribution < -0.4 is 0 Å². The zero-order valence-corrected chi connectivity index (χ0v) is 40.2. The standard InChI is InChI=1S/C66H44N6/c1-39-21-25-61-51(29-39)47-13-5-9-17-57(47)69(61)45-33-43(37-67)65(71-59-19-11-7-15-49(59)53-31-41(3)23-27-63(53)71)55(35-45)56-36-46(70-58-18-10-6-14-48(58)52-30-40(2)22-26-62(52)70)34-44(38-68)66(56)72-60-20-12-8-16-50(60)54-32-42(4)24-28-64(54)72/h5-36H,1-4H3. The highest BCUT2D eigenvalue weighted by Gasteiger charge is 2.28. The van der Waals surface area contributed by atoms with Gasteiger partial charge in [-0.25, -0.2) is 0 Å². The minimum atomic E-state index is 0.504. The van der Waals surface area contributed by atoms with E-state index in [1.54, 1.807) is 0 Å². The first-order chi connectivity index (χ1) is 35.3. The van der Waals surface area contributed by atoms with Crippen LogP contribution in [0.5, 0.6) is 0 Å². The van der Waals surface area contributed by atoms with Gasteiger partial charge in [-0.3, -0.25) is 0 Å². The molecule has 0 saturated carbocycles. The number of hydrogen-bond acceptors (Lipinski definition) is 2. The lowest BCUT2D eigenvalue weighted by Crippen LogP contribution is -2.08. The molecule has 14 rings (SSSR count). The normalized spacial score (nSPS) is 11.9. The summed E-state index contributed by atoms with van der Waals surface area (Å²) < 4.78 is 9.19. The molecule has 0 atom stereocenters. The van der Waals surface area contributed by atoms with E-state index in [9.17, 15) is 10.5 Å². The van der Waals surface area contributed by atoms with Gasteiger partial charge in [-0.05, 0) is 125 Å². The lowest BCUT2D eigenvalue weighted by atomic mass is 9.93. The molecule has 0 saturated heterocycles. The highest BCUT2D eigenvalue weighted by Crippen LogP contribution is 2.47. The number of fused-ring (bicyclic) bond motifs is 12. The van der Waals surface area contributed by atoms with E-state index in [1.165, 1.54) is 11.1 Å². The number of aromatic nitrogens is 4. The summed E-state index contributed by atoms with van der Waals surface area (Å²) in [4.78, 5) is 0. The predicted molar refractivity (Wildman–Crippen MR) is 298 cm³/mol. The quantitative estimate of drug-likeness (QED) is 0.173. The first-order valence-corrected chi connectivity index (χ1v) is 24.5. The van der Waals surface area contributed by atoms with E-state index >= 15 is 0 Å². The Bertz CT molecular complexity index is 4460. The Hall–Kier alpha value is -9.62. The van der Waals surface area contributed by atoms with Crippen LogP contribution >= 0.6 is 0 Å². The highest BCUT2D eigenvalue weighted by molar-refractivity contribution is 6.14. The van der Waals surface area contributed by atoms with Gasteiger partial charge in [0.1, 0.15) is 12.1 Å². The molecule has 4 aromatic heterocycles. The summed E-state index contributed by atoms with van der Waals surface area (Å²) in [7, 11) is 0. The molecular formula is C66H44N6. The molecule has 4 heterocycles. The maximum absolute atomic E-state index is 11.9. The second-order valence-electron chi connectivity index (χ2n) is 19.5. The van der Waals surface area contributed by atoms with Crippen molar-refractivity contribution in [2.75, 3.05) is 0 Å². The zero-order valence-electron chi connectivity index (χ0n) is 40.2. The van der Waals surface area contributed by atoms with Crippen molar-refractivity contribution < 1.29 is 0 Å². The van der Waals surface area contributed by atoms with E-state index < -0.39 is 0 Å². The molecule has 6 nitrogen and oxygen atoms in total. The van der Waals surface area contributed by atoms with Crippen LogP contribution in [0.15, 0.2) is 194 Å². The summed E-state index contributed by atoms with van der Waals surface area (Å²) in [5, 5.41) is 32.7. The van der Waals surface area contributed by atoms with Crippen molar-refractivity contribution in [2.45, 2.75) is 27.7 Å². The molecule has 0 aliphatic carbocycles. The molecule has 0 aliphatic heterocycles. The van der Waals surface area contributed by atoms with Crippen LogP contribution in [0, 0.1) is 50.4 Å². The number of nitrogens with zero attached hydrogens (tertiary/aromatic N) is 6. The predicted octanol–water partition coefficient (Wildman–Crippen LogP) is 16.7. The van der Waals surface area contributed by atoms with Crippen LogP contribution in [-0.4, -0.2) is 18.3 Å². The Kier molecular flexibility index (Phi) is 8.87. The Morgan fingerprint density at radius 2 is 0.542 bits per heavy atom. The first-order valence-electron chi connectivity index (χ1n) is 24.5. The molecular weight excluding hydrogens is 877 g/mol. The van der Waals surface area contributed by atoms with Crippen molar-refractivity contribution in [2.24, 2.45) is 0 Å². The molecule has 6 heteroatoms. The van der Waals surface area contributed by atoms with Crippen molar-refractivity contribution in [3.05, 3.63) is 228 Å². The highest BCUT2D eigenvalue weighted by atomic mass is 15.0. The van der Waals surface area contributed by atoms with Crippen LogP contribution in [0.25, 0.3) is 121 Å². The van der Waals surface area contributed by atoms with Crippen molar-refractivity contribution >= 4 is 87.2 Å². The monoisotopic (exact) mass is 920 g/mol. The van der Waals surface area contributed by atoms with Gasteiger partial charge in [0.2, 0.25) is 0 Å². The molecule has 0 N–H and O–H groups in total. The topological polar surface area (TPSA) is 67.3 Å². The molecule has 338 valence electrons. The minimum Gasteiger partial charge on any atom is -0.309 e. The van der Waals surface area contributed by atoms with Gasteiger partial charge in [0, 0.05) is 65.6 Å². The summed E-state index contributed by atoms with van der Waals surface area (Å²) in [6, 6.07) is 74.7. The van der Waals surface area contributed by atoms with Gasteiger partial charge in [0.05, 0.1) is 66.6 Å². The molecule has 10 aromatic carbocycles. The largest absolute Gasteiger partial charge is 0.309 e. The smallest absolute Gasteiger partial charge is 0.101 e. The van der Waals surface area contributed by atoms with E-state index in [-0.39, 0.29) is 0 Å². The number of hydrogen-bond donors (Lipinski definition) is 0. The van der Waals surface area contributed by atoms with E-state index in [0.29, 0.717) is 11.1 Å². The van der Waals surface area contributed by atoms with Gasteiger partial charge in [0.15, 0.2) is 0 Å². The van der Waals surface area contributed by atoms with Gasteiger partial charge in [0.25, 0.3) is 0 Å². The Morgan fingerprint density at radius 1 is 0.278 bits per heavy atom. The van der Waals surface area contributed by atoms with E-state index in [2.05, 4.69) is 252 Å². The average Bonchev–Trinajstić information content (AvgIpc) is 4.12. The lowest BCUT2D eigenvalue weighted by molar-refractivity contribution is 1.11. The molecule has 0 aliphatic rings. The fraction of sp³-hybridized carbons (Fsp3) is 0.0606. The number of benzene rings is 10. The number of para-hydroxylation sites is 4. The van der Waals surface area contributed by atoms with Crippen LogP contribution in [0.4, 0.5) is 0 Å². The third-order valence-corrected chi connectivity index (χ3v) is 15.0. The molecule has 0 unspecified atom stereocenters. The van der Waals surface area contributed by atoms with E-state index in [1.807, 2.05) is 0 Å². The molecule has 72 heavy (non-hydrogen) atoms. The Labute approximate surface area is 415 Å². The summed E-state index contributed by atoms with van der Waals surface area (Å²) >= 11 is 0. The second-order valence-corrected chi connectivity index (χ2v) is 19.5. The molecule has 14 aromatic rings. The maximum Gasteiger partial charge on any atom is 0.101 e. The molecule has 0 fully saturated rings. The summed E-state index contributed by atoms with van der Waals surface area (Å²) in [5.74, 6) is 0. The van der Waals surface area contributed by atoms with E-state index in [0.717, 1.165) is 132 Å². The van der Waals surface area contributed by atoms with Gasteiger partial charge in [-0.15, -0.1) is 0 Å². The fourth-order valence-electron chi connectivity index (χ4n) is 11.9. The minimum absolute atomic E-state index is 0.504. The van der Waals surface area contributed by atoms with Crippen molar-refractivity contribution in [3.63, 3.8) is 0 Å². The van der Waals surface area contributed by atoms with Crippen molar-refractivity contribution in [3.8, 4) is 46.0 Å². The van der Waals surface area contributed by atoms with Gasteiger partial charge in [-0.1, -0.05) is 119 Å². The van der Waals surface area contributed by atoms with E-state index in [4.69, 9.17) is 0 Å². The lowest BCUT2D eigenvalue weighted by Gasteiger charge is -2.23. The number of aryl methyl sites for hydroxylation is 4. The summed E-state index contributed by atoms with van der Waals surface area (Å²) in [5.41, 5.74) is 18.6. The van der Waals surface area contributed by atoms with Crippen molar-refractivity contribution in [1.29, 1.82) is 10.5 Å². The second kappa shape index (κ2) is 15.4. The fourth-order valence-corrected chi connectivity index (χ4v) is 11.9. The van der Waals surface area contributed by atoms with Crippen LogP contribution in [0.2, 0.25) is 0 Å².